The molecule has 1 aromatic carbocycles. The van der Waals surface area contributed by atoms with Crippen molar-refractivity contribution in [3.05, 3.63) is 29.8 Å². The third-order valence-corrected chi connectivity index (χ3v) is 2.37. The number of carbonyl (C=O) groups is 1. The molecule has 0 spiro atoms. The zero-order valence-corrected chi connectivity index (χ0v) is 9.93. The van der Waals surface area contributed by atoms with E-state index in [0.29, 0.717) is 31.8 Å². The van der Waals surface area contributed by atoms with E-state index in [9.17, 15) is 4.79 Å². The first kappa shape index (κ1) is 13.5. The highest BCUT2D eigenvalue weighted by Gasteiger charge is 2.14. The normalized spacial score (nSPS) is 10.2. The summed E-state index contributed by atoms with van der Waals surface area (Å²) < 4.78 is 4.95. The lowest BCUT2D eigenvalue weighted by atomic mass is 10.2. The SMILES string of the molecule is COCCN(CCN)C(=O)c1ccc(O)cc1. The largest absolute Gasteiger partial charge is 0.508 e. The molecule has 3 N–H and O–H groups in total. The van der Waals surface area contributed by atoms with Crippen LogP contribution in [0.25, 0.3) is 0 Å². The molecule has 0 saturated heterocycles. The van der Waals surface area contributed by atoms with Gasteiger partial charge in [0.05, 0.1) is 6.61 Å². The van der Waals surface area contributed by atoms with Crippen molar-refractivity contribution in [3.8, 4) is 5.75 Å². The van der Waals surface area contributed by atoms with E-state index in [1.807, 2.05) is 0 Å². The van der Waals surface area contributed by atoms with Crippen LogP contribution in [0.2, 0.25) is 0 Å². The zero-order valence-electron chi connectivity index (χ0n) is 9.93. The first-order valence-corrected chi connectivity index (χ1v) is 5.46. The Kier molecular flexibility index (Phi) is 5.45. The van der Waals surface area contributed by atoms with Gasteiger partial charge in [-0.3, -0.25) is 4.79 Å². The minimum absolute atomic E-state index is 0.104. The molecule has 0 saturated carbocycles. The fourth-order valence-corrected chi connectivity index (χ4v) is 1.46. The number of hydrogen-bond donors (Lipinski definition) is 2. The Morgan fingerprint density at radius 1 is 1.35 bits per heavy atom. The van der Waals surface area contributed by atoms with Crippen LogP contribution in [0.5, 0.6) is 5.75 Å². The van der Waals surface area contributed by atoms with Gasteiger partial charge < -0.3 is 20.5 Å². The molecule has 0 atom stereocenters. The highest BCUT2D eigenvalue weighted by atomic mass is 16.5. The summed E-state index contributed by atoms with van der Waals surface area (Å²) in [5, 5.41) is 9.16. The van der Waals surface area contributed by atoms with Gasteiger partial charge in [0.1, 0.15) is 5.75 Å². The smallest absolute Gasteiger partial charge is 0.253 e. The number of aromatic hydroxyl groups is 1. The van der Waals surface area contributed by atoms with Crippen LogP contribution in [0.4, 0.5) is 0 Å². The van der Waals surface area contributed by atoms with Gasteiger partial charge in [-0.2, -0.15) is 0 Å². The van der Waals surface area contributed by atoms with Crippen LogP contribution < -0.4 is 5.73 Å². The maximum Gasteiger partial charge on any atom is 0.253 e. The minimum atomic E-state index is -0.104. The molecule has 0 aliphatic heterocycles. The number of benzene rings is 1. The summed E-state index contributed by atoms with van der Waals surface area (Å²) in [5.74, 6) is 0.0383. The van der Waals surface area contributed by atoms with E-state index >= 15 is 0 Å². The lowest BCUT2D eigenvalue weighted by Crippen LogP contribution is -2.37. The van der Waals surface area contributed by atoms with Crippen molar-refractivity contribution in [3.63, 3.8) is 0 Å². The van der Waals surface area contributed by atoms with E-state index in [-0.39, 0.29) is 11.7 Å². The van der Waals surface area contributed by atoms with Crippen molar-refractivity contribution >= 4 is 5.91 Å². The van der Waals surface area contributed by atoms with Crippen molar-refractivity contribution < 1.29 is 14.6 Å². The molecule has 5 nitrogen and oxygen atoms in total. The summed E-state index contributed by atoms with van der Waals surface area (Å²) in [4.78, 5) is 13.7. The fraction of sp³-hybridized carbons (Fsp3) is 0.417. The highest BCUT2D eigenvalue weighted by Crippen LogP contribution is 2.11. The van der Waals surface area contributed by atoms with Gasteiger partial charge in [-0.05, 0) is 24.3 Å². The van der Waals surface area contributed by atoms with E-state index in [2.05, 4.69) is 0 Å². The molecular formula is C12H18N2O3. The third kappa shape index (κ3) is 4.05. The van der Waals surface area contributed by atoms with Gasteiger partial charge in [0, 0.05) is 32.3 Å². The van der Waals surface area contributed by atoms with Crippen LogP contribution in [0.3, 0.4) is 0 Å². The molecule has 0 aliphatic carbocycles. The Labute approximate surface area is 101 Å². The average molecular weight is 238 g/mol. The Morgan fingerprint density at radius 2 is 2.00 bits per heavy atom. The Hall–Kier alpha value is -1.59. The lowest BCUT2D eigenvalue weighted by Gasteiger charge is -2.21. The van der Waals surface area contributed by atoms with Crippen LogP contribution in [-0.4, -0.2) is 49.3 Å². The highest BCUT2D eigenvalue weighted by molar-refractivity contribution is 5.94. The standard InChI is InChI=1S/C12H18N2O3/c1-17-9-8-14(7-6-13)12(16)10-2-4-11(15)5-3-10/h2-5,15H,6-9,13H2,1H3. The Balaban J connectivity index is 2.72. The Morgan fingerprint density at radius 3 is 2.53 bits per heavy atom. The number of methoxy groups -OCH3 is 1. The van der Waals surface area contributed by atoms with Crippen molar-refractivity contribution in [2.24, 2.45) is 5.73 Å². The molecule has 17 heavy (non-hydrogen) atoms. The molecule has 1 rings (SSSR count). The summed E-state index contributed by atoms with van der Waals surface area (Å²) in [6, 6.07) is 6.16. The molecule has 1 amide bonds. The summed E-state index contributed by atoms with van der Waals surface area (Å²) in [5.41, 5.74) is 6.00. The van der Waals surface area contributed by atoms with Gasteiger partial charge in [0.25, 0.3) is 5.91 Å². The molecule has 0 unspecified atom stereocenters. The van der Waals surface area contributed by atoms with E-state index in [0.717, 1.165) is 0 Å². The van der Waals surface area contributed by atoms with Crippen molar-refractivity contribution in [2.45, 2.75) is 0 Å². The van der Waals surface area contributed by atoms with Crippen LogP contribution >= 0.6 is 0 Å². The summed E-state index contributed by atoms with van der Waals surface area (Å²) in [7, 11) is 1.59. The van der Waals surface area contributed by atoms with Crippen molar-refractivity contribution in [2.75, 3.05) is 33.4 Å². The number of ether oxygens (including phenoxy) is 1. The van der Waals surface area contributed by atoms with Crippen LogP contribution in [0, 0.1) is 0 Å². The predicted octanol–water partition coefficient (Wildman–Crippen LogP) is 0.440. The monoisotopic (exact) mass is 238 g/mol. The first-order chi connectivity index (χ1) is 8.19. The third-order valence-electron chi connectivity index (χ3n) is 2.37. The fourth-order valence-electron chi connectivity index (χ4n) is 1.46. The number of rotatable bonds is 6. The maximum absolute atomic E-state index is 12.1. The summed E-state index contributed by atoms with van der Waals surface area (Å²) in [6.45, 7) is 1.88. The molecule has 1 aromatic rings. The molecule has 0 bridgehead atoms. The summed E-state index contributed by atoms with van der Waals surface area (Å²) in [6.07, 6.45) is 0. The molecule has 0 radical (unpaired) electrons. The van der Waals surface area contributed by atoms with Crippen molar-refractivity contribution in [1.82, 2.24) is 4.90 Å². The number of carbonyl (C=O) groups excluding carboxylic acids is 1. The van der Waals surface area contributed by atoms with Gasteiger partial charge in [0.2, 0.25) is 0 Å². The van der Waals surface area contributed by atoms with Gasteiger partial charge >= 0.3 is 0 Å². The molecule has 0 aromatic heterocycles. The van der Waals surface area contributed by atoms with Gasteiger partial charge in [-0.25, -0.2) is 0 Å². The zero-order chi connectivity index (χ0) is 12.7. The second-order valence-electron chi connectivity index (χ2n) is 3.62. The van der Waals surface area contributed by atoms with Crippen LogP contribution in [0.15, 0.2) is 24.3 Å². The van der Waals surface area contributed by atoms with Crippen molar-refractivity contribution in [1.29, 1.82) is 0 Å². The van der Waals surface area contributed by atoms with Crippen LogP contribution in [-0.2, 0) is 4.74 Å². The number of nitrogens with zero attached hydrogens (tertiary/aromatic N) is 1. The van der Waals surface area contributed by atoms with Gasteiger partial charge in [-0.15, -0.1) is 0 Å². The minimum Gasteiger partial charge on any atom is -0.508 e. The quantitative estimate of drug-likeness (QED) is 0.754. The van der Waals surface area contributed by atoms with E-state index in [1.54, 1.807) is 24.1 Å². The number of phenols is 1. The number of nitrogens with two attached hydrogens (primary N) is 1. The van der Waals surface area contributed by atoms with Gasteiger partial charge in [0.15, 0.2) is 0 Å². The molecule has 94 valence electrons. The van der Waals surface area contributed by atoms with E-state index in [4.69, 9.17) is 15.6 Å². The maximum atomic E-state index is 12.1. The molecule has 0 heterocycles. The topological polar surface area (TPSA) is 75.8 Å². The number of hydrogen-bond acceptors (Lipinski definition) is 4. The lowest BCUT2D eigenvalue weighted by molar-refractivity contribution is 0.0701. The molecule has 0 aliphatic rings. The first-order valence-electron chi connectivity index (χ1n) is 5.46. The second kappa shape index (κ2) is 6.88. The van der Waals surface area contributed by atoms with Gasteiger partial charge in [-0.1, -0.05) is 0 Å². The number of phenolic OH excluding ortho intramolecular Hbond substituents is 1. The van der Waals surface area contributed by atoms with E-state index in [1.165, 1.54) is 12.1 Å². The average Bonchev–Trinajstić information content (AvgIpc) is 2.34. The van der Waals surface area contributed by atoms with Crippen LogP contribution in [0.1, 0.15) is 10.4 Å². The second-order valence-corrected chi connectivity index (χ2v) is 3.62. The predicted molar refractivity (Wildman–Crippen MR) is 64.9 cm³/mol. The van der Waals surface area contributed by atoms with E-state index < -0.39 is 0 Å². The molecular weight excluding hydrogens is 220 g/mol. The molecule has 5 heteroatoms. The summed E-state index contributed by atoms with van der Waals surface area (Å²) >= 11 is 0. The molecule has 0 fully saturated rings. The Bertz CT molecular complexity index is 351. The number of amides is 1.